The molecular formula is C7H11F3N2O3. The molecule has 0 aliphatic carbocycles. The van der Waals surface area contributed by atoms with Crippen LogP contribution in [-0.4, -0.2) is 35.7 Å². The summed E-state index contributed by atoms with van der Waals surface area (Å²) >= 11 is 0. The Labute approximate surface area is 83.4 Å². The SMILES string of the molecule is NC1CCNC(=O)C1.O=C(O)C(F)(F)F. The van der Waals surface area contributed by atoms with E-state index in [9.17, 15) is 18.0 Å². The molecular weight excluding hydrogens is 217 g/mol. The smallest absolute Gasteiger partial charge is 0.475 e. The fraction of sp³-hybridized carbons (Fsp3) is 0.714. The lowest BCUT2D eigenvalue weighted by Crippen LogP contribution is -2.40. The molecule has 8 heteroatoms. The summed E-state index contributed by atoms with van der Waals surface area (Å²) in [6, 6.07) is 0.101. The van der Waals surface area contributed by atoms with E-state index in [2.05, 4.69) is 5.32 Å². The topological polar surface area (TPSA) is 92.4 Å². The van der Waals surface area contributed by atoms with E-state index in [4.69, 9.17) is 15.6 Å². The van der Waals surface area contributed by atoms with Crippen molar-refractivity contribution in [3.05, 3.63) is 0 Å². The fourth-order valence-corrected chi connectivity index (χ4v) is 0.809. The number of nitrogens with two attached hydrogens (primary N) is 1. The van der Waals surface area contributed by atoms with E-state index in [1.54, 1.807) is 0 Å². The van der Waals surface area contributed by atoms with Crippen LogP contribution in [0.2, 0.25) is 0 Å². The van der Waals surface area contributed by atoms with Crippen molar-refractivity contribution >= 4 is 11.9 Å². The Bertz CT molecular complexity index is 242. The first-order chi connectivity index (χ1) is 6.73. The minimum absolute atomic E-state index is 0.0868. The molecule has 4 N–H and O–H groups in total. The molecule has 0 radical (unpaired) electrons. The summed E-state index contributed by atoms with van der Waals surface area (Å²) in [7, 11) is 0. The van der Waals surface area contributed by atoms with Gasteiger partial charge in [0, 0.05) is 19.0 Å². The summed E-state index contributed by atoms with van der Waals surface area (Å²) in [5.41, 5.74) is 5.46. The van der Waals surface area contributed by atoms with Crippen LogP contribution >= 0.6 is 0 Å². The number of carboxylic acids is 1. The summed E-state index contributed by atoms with van der Waals surface area (Å²) < 4.78 is 31.7. The molecule has 88 valence electrons. The van der Waals surface area contributed by atoms with Crippen LogP contribution < -0.4 is 11.1 Å². The first-order valence-electron chi connectivity index (χ1n) is 4.06. The minimum Gasteiger partial charge on any atom is -0.475 e. The van der Waals surface area contributed by atoms with Crippen molar-refractivity contribution in [1.29, 1.82) is 0 Å². The van der Waals surface area contributed by atoms with Crippen molar-refractivity contribution in [2.75, 3.05) is 6.54 Å². The molecule has 1 rings (SSSR count). The molecule has 1 aliphatic heterocycles. The molecule has 0 spiro atoms. The zero-order chi connectivity index (χ0) is 12.1. The number of carbonyl (C=O) groups is 2. The number of nitrogens with one attached hydrogen (secondary N) is 1. The van der Waals surface area contributed by atoms with Gasteiger partial charge in [-0.05, 0) is 6.42 Å². The van der Waals surface area contributed by atoms with Crippen molar-refractivity contribution in [1.82, 2.24) is 5.32 Å². The number of hydrogen-bond donors (Lipinski definition) is 3. The quantitative estimate of drug-likeness (QED) is 0.538. The molecule has 0 aromatic rings. The van der Waals surface area contributed by atoms with Crippen molar-refractivity contribution in [3.63, 3.8) is 0 Å². The van der Waals surface area contributed by atoms with Gasteiger partial charge in [0.15, 0.2) is 0 Å². The second-order valence-electron chi connectivity index (χ2n) is 2.91. The highest BCUT2D eigenvalue weighted by atomic mass is 19.4. The van der Waals surface area contributed by atoms with Gasteiger partial charge in [-0.25, -0.2) is 4.79 Å². The maximum absolute atomic E-state index is 10.6. The number of hydrogen-bond acceptors (Lipinski definition) is 3. The second kappa shape index (κ2) is 5.54. The largest absolute Gasteiger partial charge is 0.490 e. The Kier molecular flexibility index (Phi) is 5.06. The van der Waals surface area contributed by atoms with Crippen LogP contribution in [0, 0.1) is 0 Å². The number of aliphatic carboxylic acids is 1. The van der Waals surface area contributed by atoms with E-state index in [-0.39, 0.29) is 11.9 Å². The van der Waals surface area contributed by atoms with E-state index >= 15 is 0 Å². The van der Waals surface area contributed by atoms with Gasteiger partial charge in [-0.3, -0.25) is 4.79 Å². The third-order valence-corrected chi connectivity index (χ3v) is 1.53. The molecule has 1 atom stereocenters. The van der Waals surface area contributed by atoms with Crippen LogP contribution in [0.4, 0.5) is 13.2 Å². The van der Waals surface area contributed by atoms with E-state index in [1.165, 1.54) is 0 Å². The van der Waals surface area contributed by atoms with E-state index in [0.29, 0.717) is 6.42 Å². The van der Waals surface area contributed by atoms with Crippen LogP contribution in [0.15, 0.2) is 0 Å². The number of rotatable bonds is 0. The lowest BCUT2D eigenvalue weighted by atomic mass is 10.1. The Morgan fingerprint density at radius 1 is 1.53 bits per heavy atom. The number of carboxylic acid groups (broad SMARTS) is 1. The summed E-state index contributed by atoms with van der Waals surface area (Å²) in [5.74, 6) is -2.67. The second-order valence-corrected chi connectivity index (χ2v) is 2.91. The van der Waals surface area contributed by atoms with Crippen LogP contribution in [-0.2, 0) is 9.59 Å². The highest BCUT2D eigenvalue weighted by Gasteiger charge is 2.38. The molecule has 1 unspecified atom stereocenters. The summed E-state index contributed by atoms with van der Waals surface area (Å²) in [6.45, 7) is 0.750. The molecule has 5 nitrogen and oxygen atoms in total. The van der Waals surface area contributed by atoms with Crippen molar-refractivity contribution in [2.24, 2.45) is 5.73 Å². The first-order valence-corrected chi connectivity index (χ1v) is 4.06. The van der Waals surface area contributed by atoms with Crippen LogP contribution in [0.1, 0.15) is 12.8 Å². The molecule has 0 aromatic heterocycles. The number of alkyl halides is 3. The number of halogens is 3. The summed E-state index contributed by atoms with van der Waals surface area (Å²) in [6.07, 6.45) is -3.66. The van der Waals surface area contributed by atoms with E-state index in [0.717, 1.165) is 13.0 Å². The van der Waals surface area contributed by atoms with E-state index in [1.807, 2.05) is 0 Å². The third-order valence-electron chi connectivity index (χ3n) is 1.53. The monoisotopic (exact) mass is 228 g/mol. The molecule has 1 amide bonds. The molecule has 0 bridgehead atoms. The standard InChI is InChI=1S/C5H10N2O.C2HF3O2/c6-4-1-2-7-5(8)3-4;3-2(4,5)1(6)7/h4H,1-3,6H2,(H,7,8);(H,6,7). The average molecular weight is 228 g/mol. The zero-order valence-corrected chi connectivity index (χ0v) is 7.67. The number of amides is 1. The molecule has 0 saturated carbocycles. The Balaban J connectivity index is 0.000000265. The Morgan fingerprint density at radius 2 is 2.00 bits per heavy atom. The minimum atomic E-state index is -5.08. The van der Waals surface area contributed by atoms with Gasteiger partial charge in [0.1, 0.15) is 0 Å². The maximum atomic E-state index is 10.6. The summed E-state index contributed by atoms with van der Waals surface area (Å²) in [5, 5.41) is 9.82. The Hall–Kier alpha value is -1.31. The van der Waals surface area contributed by atoms with Gasteiger partial charge in [0.25, 0.3) is 0 Å². The highest BCUT2D eigenvalue weighted by Crippen LogP contribution is 2.13. The number of carbonyl (C=O) groups excluding carboxylic acids is 1. The molecule has 1 fully saturated rings. The van der Waals surface area contributed by atoms with Gasteiger partial charge in [0.2, 0.25) is 5.91 Å². The fourth-order valence-electron chi connectivity index (χ4n) is 0.809. The van der Waals surface area contributed by atoms with Gasteiger partial charge in [0.05, 0.1) is 0 Å². The van der Waals surface area contributed by atoms with Gasteiger partial charge in [-0.2, -0.15) is 13.2 Å². The normalized spacial score (nSPS) is 21.1. The van der Waals surface area contributed by atoms with E-state index < -0.39 is 12.1 Å². The predicted molar refractivity (Wildman–Crippen MR) is 43.9 cm³/mol. The average Bonchev–Trinajstić information content (AvgIpc) is 2.02. The maximum Gasteiger partial charge on any atom is 0.490 e. The first kappa shape index (κ1) is 13.7. The van der Waals surface area contributed by atoms with Crippen LogP contribution in [0.3, 0.4) is 0 Å². The lowest BCUT2D eigenvalue weighted by molar-refractivity contribution is -0.192. The Morgan fingerprint density at radius 3 is 2.20 bits per heavy atom. The molecule has 1 saturated heterocycles. The van der Waals surface area contributed by atoms with Crippen LogP contribution in [0.25, 0.3) is 0 Å². The predicted octanol–water partition coefficient (Wildman–Crippen LogP) is -0.143. The molecule has 0 aromatic carbocycles. The zero-order valence-electron chi connectivity index (χ0n) is 7.67. The number of piperidine rings is 1. The van der Waals surface area contributed by atoms with Gasteiger partial charge in [-0.15, -0.1) is 0 Å². The summed E-state index contributed by atoms with van der Waals surface area (Å²) in [4.78, 5) is 19.4. The van der Waals surface area contributed by atoms with Crippen LogP contribution in [0.5, 0.6) is 0 Å². The van der Waals surface area contributed by atoms with Gasteiger partial charge in [-0.1, -0.05) is 0 Å². The van der Waals surface area contributed by atoms with Crippen molar-refractivity contribution < 1.29 is 27.9 Å². The van der Waals surface area contributed by atoms with Crippen molar-refractivity contribution in [2.45, 2.75) is 25.1 Å². The third kappa shape index (κ3) is 6.72. The molecule has 1 aliphatic rings. The lowest BCUT2D eigenvalue weighted by Gasteiger charge is -2.16. The molecule has 1 heterocycles. The van der Waals surface area contributed by atoms with Crippen molar-refractivity contribution in [3.8, 4) is 0 Å². The molecule has 15 heavy (non-hydrogen) atoms. The van der Waals surface area contributed by atoms with Gasteiger partial charge < -0.3 is 16.2 Å². The van der Waals surface area contributed by atoms with Gasteiger partial charge >= 0.3 is 12.1 Å². The highest BCUT2D eigenvalue weighted by molar-refractivity contribution is 5.77.